The summed E-state index contributed by atoms with van der Waals surface area (Å²) in [7, 11) is -2.60. The van der Waals surface area contributed by atoms with E-state index in [-0.39, 0.29) is 11.5 Å². The highest BCUT2D eigenvalue weighted by Crippen LogP contribution is 2.37. The Hall–Kier alpha value is -3.42. The molecule has 1 heterocycles. The van der Waals surface area contributed by atoms with Crippen molar-refractivity contribution in [1.82, 2.24) is 4.90 Å². The third-order valence-corrected chi connectivity index (χ3v) is 7.59. The van der Waals surface area contributed by atoms with Gasteiger partial charge in [0.15, 0.2) is 0 Å². The molecule has 1 aliphatic rings. The first kappa shape index (κ1) is 25.7. The third-order valence-electron chi connectivity index (χ3n) is 6.63. The fraction of sp³-hybridized carbons (Fsp3) is 0.310. The van der Waals surface area contributed by atoms with Gasteiger partial charge in [-0.25, -0.2) is 0 Å². The number of hydrogen-bond acceptors (Lipinski definition) is 6. The second-order valence-electron chi connectivity index (χ2n) is 8.88. The van der Waals surface area contributed by atoms with E-state index in [0.29, 0.717) is 43.0 Å². The van der Waals surface area contributed by atoms with Crippen LogP contribution in [0.15, 0.2) is 84.9 Å². The van der Waals surface area contributed by atoms with E-state index in [9.17, 15) is 13.2 Å². The van der Waals surface area contributed by atoms with Crippen molar-refractivity contribution in [2.24, 2.45) is 5.41 Å². The smallest absolute Gasteiger partial charge is 0.317 e. The van der Waals surface area contributed by atoms with Gasteiger partial charge in [0.25, 0.3) is 0 Å². The van der Waals surface area contributed by atoms with Crippen LogP contribution in [0.4, 0.5) is 0 Å². The number of ether oxygens (including phenoxy) is 2. The quantitative estimate of drug-likeness (QED) is 0.237. The molecule has 0 amide bonds. The molecule has 36 heavy (non-hydrogen) atoms. The minimum absolute atomic E-state index is 0.0925. The number of rotatable bonds is 9. The first-order chi connectivity index (χ1) is 17.5. The zero-order chi connectivity index (χ0) is 25.4. The molecule has 1 fully saturated rings. The second kappa shape index (κ2) is 12.0. The van der Waals surface area contributed by atoms with Gasteiger partial charge in [-0.05, 0) is 86.8 Å². The number of hydrogen-bond donors (Lipinski definition) is 0. The molecule has 0 N–H and O–H groups in total. The minimum atomic E-state index is -2.60. The van der Waals surface area contributed by atoms with E-state index in [1.807, 2.05) is 48.5 Å². The number of benzene rings is 3. The van der Waals surface area contributed by atoms with Gasteiger partial charge in [-0.15, -0.1) is 0 Å². The molecular weight excluding hydrogens is 474 g/mol. The summed E-state index contributed by atoms with van der Waals surface area (Å²) < 4.78 is 36.5. The Morgan fingerprint density at radius 3 is 2.03 bits per heavy atom. The highest BCUT2D eigenvalue weighted by Gasteiger charge is 2.48. The van der Waals surface area contributed by atoms with E-state index in [1.165, 1.54) is 5.56 Å². The fourth-order valence-electron chi connectivity index (χ4n) is 4.71. The molecule has 0 aliphatic carbocycles. The lowest BCUT2D eigenvalue weighted by Crippen LogP contribution is -2.50. The summed E-state index contributed by atoms with van der Waals surface area (Å²) >= 11 is 0. The van der Waals surface area contributed by atoms with E-state index in [2.05, 4.69) is 17.0 Å². The average Bonchev–Trinajstić information content (AvgIpc) is 2.90. The largest absolute Gasteiger partial charge is 0.465 e. The topological polar surface area (TPSA) is 72.9 Å². The number of piperidine rings is 1. The van der Waals surface area contributed by atoms with E-state index < -0.39 is 21.7 Å². The Morgan fingerprint density at radius 2 is 1.44 bits per heavy atom. The van der Waals surface area contributed by atoms with E-state index in [1.54, 1.807) is 31.2 Å². The van der Waals surface area contributed by atoms with Crippen molar-refractivity contribution in [3.63, 3.8) is 0 Å². The molecule has 0 atom stereocenters. The molecule has 188 valence electrons. The van der Waals surface area contributed by atoms with Crippen molar-refractivity contribution in [1.29, 1.82) is 0 Å². The summed E-state index contributed by atoms with van der Waals surface area (Å²) in [5.74, 6) is 0.797. The Bertz CT molecular complexity index is 1270. The molecule has 1 aliphatic heterocycles. The zero-order valence-electron chi connectivity index (χ0n) is 20.4. The van der Waals surface area contributed by atoms with Gasteiger partial charge in [0.1, 0.15) is 16.9 Å². The van der Waals surface area contributed by atoms with Crippen molar-refractivity contribution < 1.29 is 22.7 Å². The van der Waals surface area contributed by atoms with Crippen LogP contribution in [0.1, 0.15) is 30.9 Å². The van der Waals surface area contributed by atoms with Crippen LogP contribution in [-0.2, 0) is 26.2 Å². The van der Waals surface area contributed by atoms with Crippen LogP contribution in [0.3, 0.4) is 0 Å². The van der Waals surface area contributed by atoms with E-state index in [4.69, 9.17) is 9.47 Å². The first-order valence-electron chi connectivity index (χ1n) is 12.3. The van der Waals surface area contributed by atoms with Crippen molar-refractivity contribution >= 4 is 21.1 Å². The molecular formula is C29H31NO5S. The van der Waals surface area contributed by atoms with Gasteiger partial charge >= 0.3 is 5.97 Å². The SMILES string of the molecule is CCOC(=O)C1(C(c2ccc(Oc3ccccc3)cc2)=S(=O)=O)CCN(CCc2ccccc2)CC1. The number of carbonyl (C=O) groups excluding carboxylic acids is 1. The van der Waals surface area contributed by atoms with Crippen molar-refractivity contribution in [2.45, 2.75) is 26.2 Å². The Balaban J connectivity index is 1.55. The van der Waals surface area contributed by atoms with Crippen molar-refractivity contribution in [3.8, 4) is 11.5 Å². The van der Waals surface area contributed by atoms with Gasteiger partial charge < -0.3 is 14.4 Å². The molecule has 0 bridgehead atoms. The summed E-state index contributed by atoms with van der Waals surface area (Å²) in [5, 5.41) is 0. The molecule has 1 saturated heterocycles. The second-order valence-corrected chi connectivity index (χ2v) is 9.76. The molecule has 3 aromatic carbocycles. The number of nitrogens with zero attached hydrogens (tertiary/aromatic N) is 1. The van der Waals surface area contributed by atoms with Crippen LogP contribution in [-0.4, -0.2) is 50.4 Å². The molecule has 3 aromatic rings. The molecule has 7 heteroatoms. The molecule has 0 radical (unpaired) electrons. The summed E-state index contributed by atoms with van der Waals surface area (Å²) in [4.78, 5) is 15.7. The maximum atomic E-state index is 13.3. The van der Waals surface area contributed by atoms with Gasteiger partial charge in [-0.2, -0.15) is 8.42 Å². The summed E-state index contributed by atoms with van der Waals surface area (Å²) in [6.07, 6.45) is 1.67. The lowest BCUT2D eigenvalue weighted by Gasteiger charge is -2.40. The van der Waals surface area contributed by atoms with Gasteiger partial charge in [0.05, 0.1) is 11.5 Å². The number of esters is 1. The Morgan fingerprint density at radius 1 is 0.861 bits per heavy atom. The molecule has 4 rings (SSSR count). The van der Waals surface area contributed by atoms with Gasteiger partial charge in [-0.3, -0.25) is 4.79 Å². The lowest BCUT2D eigenvalue weighted by atomic mass is 9.73. The maximum Gasteiger partial charge on any atom is 0.317 e. The Labute approximate surface area is 214 Å². The van der Waals surface area contributed by atoms with Crippen LogP contribution in [0.2, 0.25) is 0 Å². The lowest BCUT2D eigenvalue weighted by molar-refractivity contribution is -0.153. The monoisotopic (exact) mass is 505 g/mol. The van der Waals surface area contributed by atoms with Crippen LogP contribution in [0, 0.1) is 5.41 Å². The standard InChI is InChI=1S/C29H31NO5S/c1-2-34-28(31)29(18-21-30(22-19-29)20-17-23-9-5-3-6-10-23)27(36(32)33)24-13-15-26(16-14-24)35-25-11-7-4-8-12-25/h3-16H,2,17-22H2,1H3. The highest BCUT2D eigenvalue weighted by atomic mass is 32.2. The first-order valence-corrected chi connectivity index (χ1v) is 13.3. The third kappa shape index (κ3) is 6.04. The predicted octanol–water partition coefficient (Wildman–Crippen LogP) is 4.77. The molecule has 0 saturated carbocycles. The normalized spacial score (nSPS) is 15.1. The maximum absolute atomic E-state index is 13.3. The van der Waals surface area contributed by atoms with Gasteiger partial charge in [-0.1, -0.05) is 48.5 Å². The summed E-state index contributed by atoms with van der Waals surface area (Å²) in [6.45, 7) is 4.01. The van der Waals surface area contributed by atoms with Gasteiger partial charge in [0.2, 0.25) is 10.3 Å². The van der Waals surface area contributed by atoms with Crippen LogP contribution < -0.4 is 4.74 Å². The molecule has 0 unspecified atom stereocenters. The zero-order valence-corrected chi connectivity index (χ0v) is 21.2. The van der Waals surface area contributed by atoms with E-state index in [0.717, 1.165) is 13.0 Å². The number of carbonyl (C=O) groups is 1. The summed E-state index contributed by atoms with van der Waals surface area (Å²) in [6, 6.07) is 26.5. The Kier molecular flexibility index (Phi) is 8.57. The van der Waals surface area contributed by atoms with Crippen LogP contribution >= 0.6 is 0 Å². The van der Waals surface area contributed by atoms with Gasteiger partial charge in [0, 0.05) is 6.54 Å². The molecule has 0 aromatic heterocycles. The van der Waals surface area contributed by atoms with Crippen LogP contribution in [0.5, 0.6) is 11.5 Å². The average molecular weight is 506 g/mol. The predicted molar refractivity (Wildman–Crippen MR) is 141 cm³/mol. The fourth-order valence-corrected chi connectivity index (χ4v) is 5.65. The van der Waals surface area contributed by atoms with Crippen molar-refractivity contribution in [3.05, 3.63) is 96.1 Å². The van der Waals surface area contributed by atoms with Crippen molar-refractivity contribution in [2.75, 3.05) is 26.2 Å². The molecule has 0 spiro atoms. The molecule has 6 nitrogen and oxygen atoms in total. The highest BCUT2D eigenvalue weighted by molar-refractivity contribution is 7.73. The van der Waals surface area contributed by atoms with Crippen LogP contribution in [0.25, 0.3) is 0 Å². The number of para-hydroxylation sites is 1. The van der Waals surface area contributed by atoms with E-state index >= 15 is 0 Å². The minimum Gasteiger partial charge on any atom is -0.465 e. The number of likely N-dealkylation sites (tertiary alicyclic amines) is 1. The summed E-state index contributed by atoms with van der Waals surface area (Å²) in [5.41, 5.74) is 0.521.